The maximum absolute atomic E-state index is 11.3. The van der Waals surface area contributed by atoms with Gasteiger partial charge in [-0.25, -0.2) is 4.68 Å². The summed E-state index contributed by atoms with van der Waals surface area (Å²) >= 11 is 0. The standard InChI is InChI=1S/C23H26N4O/c1-16-13-22(23(24)28)25-27(16)21-9-5-18(6-10-21)14-17-3-7-19(8-4-17)20-11-12-26(2)15-20/h3-10,13,20H,11-12,14-15H2,1-2H3,(H2,24,28). The van der Waals surface area contributed by atoms with E-state index in [1.54, 1.807) is 10.7 Å². The minimum absolute atomic E-state index is 0.287. The van der Waals surface area contributed by atoms with Crippen molar-refractivity contribution < 1.29 is 4.79 Å². The fourth-order valence-electron chi connectivity index (χ4n) is 3.96. The highest BCUT2D eigenvalue weighted by Gasteiger charge is 2.20. The van der Waals surface area contributed by atoms with E-state index in [0.717, 1.165) is 24.3 Å². The van der Waals surface area contributed by atoms with Crippen LogP contribution in [-0.2, 0) is 6.42 Å². The Hall–Kier alpha value is -2.92. The van der Waals surface area contributed by atoms with Gasteiger partial charge in [-0.3, -0.25) is 4.79 Å². The monoisotopic (exact) mass is 374 g/mol. The smallest absolute Gasteiger partial charge is 0.269 e. The van der Waals surface area contributed by atoms with Crippen LogP contribution >= 0.6 is 0 Å². The summed E-state index contributed by atoms with van der Waals surface area (Å²) in [7, 11) is 2.19. The molecule has 28 heavy (non-hydrogen) atoms. The van der Waals surface area contributed by atoms with Crippen molar-refractivity contribution in [3.05, 3.63) is 82.7 Å². The van der Waals surface area contributed by atoms with Crippen molar-refractivity contribution >= 4 is 5.91 Å². The molecule has 0 spiro atoms. The Morgan fingerprint density at radius 3 is 2.29 bits per heavy atom. The van der Waals surface area contributed by atoms with Crippen molar-refractivity contribution in [1.82, 2.24) is 14.7 Å². The molecule has 1 unspecified atom stereocenters. The second-order valence-electron chi connectivity index (χ2n) is 7.78. The molecule has 0 aliphatic carbocycles. The number of hydrogen-bond donors (Lipinski definition) is 1. The minimum atomic E-state index is -0.508. The zero-order chi connectivity index (χ0) is 19.7. The Morgan fingerprint density at radius 2 is 1.75 bits per heavy atom. The van der Waals surface area contributed by atoms with Gasteiger partial charge in [0.1, 0.15) is 0 Å². The van der Waals surface area contributed by atoms with Gasteiger partial charge in [0.05, 0.1) is 5.69 Å². The van der Waals surface area contributed by atoms with Crippen LogP contribution in [0.15, 0.2) is 54.6 Å². The first-order chi connectivity index (χ1) is 13.5. The van der Waals surface area contributed by atoms with E-state index in [1.807, 2.05) is 19.1 Å². The molecule has 1 saturated heterocycles. The Labute approximate surface area is 165 Å². The van der Waals surface area contributed by atoms with E-state index in [9.17, 15) is 4.79 Å². The lowest BCUT2D eigenvalue weighted by Crippen LogP contribution is -2.13. The van der Waals surface area contributed by atoms with Crippen LogP contribution < -0.4 is 5.73 Å². The number of likely N-dealkylation sites (N-methyl/N-ethyl adjacent to an activating group) is 1. The molecule has 3 aromatic rings. The van der Waals surface area contributed by atoms with Crippen molar-refractivity contribution in [3.63, 3.8) is 0 Å². The first-order valence-electron chi connectivity index (χ1n) is 9.73. The van der Waals surface area contributed by atoms with Gasteiger partial charge < -0.3 is 10.6 Å². The Balaban J connectivity index is 1.45. The molecule has 5 heteroatoms. The molecular weight excluding hydrogens is 348 g/mol. The third-order valence-electron chi connectivity index (χ3n) is 5.57. The van der Waals surface area contributed by atoms with Gasteiger partial charge in [-0.1, -0.05) is 36.4 Å². The largest absolute Gasteiger partial charge is 0.364 e. The van der Waals surface area contributed by atoms with Crippen molar-refractivity contribution in [2.24, 2.45) is 5.73 Å². The van der Waals surface area contributed by atoms with Gasteiger partial charge in [0.15, 0.2) is 5.69 Å². The van der Waals surface area contributed by atoms with E-state index in [0.29, 0.717) is 5.92 Å². The number of aromatic nitrogens is 2. The maximum atomic E-state index is 11.3. The molecule has 144 valence electrons. The third-order valence-corrected chi connectivity index (χ3v) is 5.57. The van der Waals surface area contributed by atoms with Crippen LogP contribution in [0.2, 0.25) is 0 Å². The molecule has 1 fully saturated rings. The van der Waals surface area contributed by atoms with Crippen LogP contribution in [0, 0.1) is 6.92 Å². The van der Waals surface area contributed by atoms with Crippen LogP contribution in [0.1, 0.15) is 45.2 Å². The summed E-state index contributed by atoms with van der Waals surface area (Å²) in [6.07, 6.45) is 2.15. The second-order valence-corrected chi connectivity index (χ2v) is 7.78. The van der Waals surface area contributed by atoms with Crippen molar-refractivity contribution in [2.45, 2.75) is 25.7 Å². The zero-order valence-corrected chi connectivity index (χ0v) is 16.4. The lowest BCUT2D eigenvalue weighted by atomic mass is 9.96. The summed E-state index contributed by atoms with van der Waals surface area (Å²) in [5, 5.41) is 4.28. The highest BCUT2D eigenvalue weighted by molar-refractivity contribution is 5.90. The summed E-state index contributed by atoms with van der Waals surface area (Å²) in [4.78, 5) is 13.7. The van der Waals surface area contributed by atoms with Crippen LogP contribution in [0.5, 0.6) is 0 Å². The van der Waals surface area contributed by atoms with Gasteiger partial charge in [0, 0.05) is 12.2 Å². The molecule has 0 bridgehead atoms. The van der Waals surface area contributed by atoms with Gasteiger partial charge in [-0.15, -0.1) is 0 Å². The lowest BCUT2D eigenvalue weighted by Gasteiger charge is -2.12. The normalized spacial score (nSPS) is 17.1. The quantitative estimate of drug-likeness (QED) is 0.745. The number of hydrogen-bond acceptors (Lipinski definition) is 3. The first kappa shape index (κ1) is 18.4. The number of benzene rings is 2. The number of nitrogens with two attached hydrogens (primary N) is 1. The van der Waals surface area contributed by atoms with E-state index < -0.39 is 5.91 Å². The SMILES string of the molecule is Cc1cc(C(N)=O)nn1-c1ccc(Cc2ccc(C3CCN(C)C3)cc2)cc1. The molecule has 1 aromatic heterocycles. The van der Waals surface area contributed by atoms with E-state index in [-0.39, 0.29) is 5.69 Å². The van der Waals surface area contributed by atoms with Crippen LogP contribution in [0.3, 0.4) is 0 Å². The summed E-state index contributed by atoms with van der Waals surface area (Å²) < 4.78 is 1.75. The van der Waals surface area contributed by atoms with Crippen LogP contribution in [0.4, 0.5) is 0 Å². The predicted octanol–water partition coefficient (Wildman–Crippen LogP) is 3.29. The van der Waals surface area contributed by atoms with Gasteiger partial charge >= 0.3 is 0 Å². The predicted molar refractivity (Wildman–Crippen MR) is 111 cm³/mol. The highest BCUT2D eigenvalue weighted by Crippen LogP contribution is 2.26. The number of carbonyl (C=O) groups is 1. The van der Waals surface area contributed by atoms with Crippen molar-refractivity contribution in [1.29, 1.82) is 0 Å². The second kappa shape index (κ2) is 7.60. The molecular formula is C23H26N4O. The molecule has 5 nitrogen and oxygen atoms in total. The van der Waals surface area contributed by atoms with Crippen LogP contribution in [-0.4, -0.2) is 40.7 Å². The number of rotatable bonds is 5. The molecule has 1 atom stereocenters. The Morgan fingerprint density at radius 1 is 1.11 bits per heavy atom. The van der Waals surface area contributed by atoms with Gasteiger partial charge in [-0.05, 0) is 74.2 Å². The van der Waals surface area contributed by atoms with Crippen LogP contribution in [0.25, 0.3) is 5.69 Å². The lowest BCUT2D eigenvalue weighted by molar-refractivity contribution is 0.0995. The van der Waals surface area contributed by atoms with Gasteiger partial charge in [-0.2, -0.15) is 5.10 Å². The summed E-state index contributed by atoms with van der Waals surface area (Å²) in [6.45, 7) is 4.26. The Kier molecular flexibility index (Phi) is 5.01. The molecule has 4 rings (SSSR count). The third kappa shape index (κ3) is 3.85. The molecule has 0 saturated carbocycles. The molecule has 1 amide bonds. The van der Waals surface area contributed by atoms with E-state index in [2.05, 4.69) is 53.4 Å². The van der Waals surface area contributed by atoms with Gasteiger partial charge in [0.2, 0.25) is 0 Å². The summed E-state index contributed by atoms with van der Waals surface area (Å²) in [5.74, 6) is 0.159. The zero-order valence-electron chi connectivity index (χ0n) is 16.4. The van der Waals surface area contributed by atoms with Crippen molar-refractivity contribution in [2.75, 3.05) is 20.1 Å². The Bertz CT molecular complexity index is 973. The number of likely N-dealkylation sites (tertiary alicyclic amines) is 1. The topological polar surface area (TPSA) is 64.2 Å². The molecule has 2 N–H and O–H groups in total. The molecule has 1 aliphatic heterocycles. The number of primary amides is 1. The number of nitrogens with zero attached hydrogens (tertiary/aromatic N) is 3. The van der Waals surface area contributed by atoms with Gasteiger partial charge in [0.25, 0.3) is 5.91 Å². The molecule has 1 aliphatic rings. The van der Waals surface area contributed by atoms with Crippen molar-refractivity contribution in [3.8, 4) is 5.69 Å². The fourth-order valence-corrected chi connectivity index (χ4v) is 3.96. The first-order valence-corrected chi connectivity index (χ1v) is 9.73. The summed E-state index contributed by atoms with van der Waals surface area (Å²) in [6, 6.07) is 19.1. The van der Waals surface area contributed by atoms with E-state index in [1.165, 1.54) is 29.7 Å². The average Bonchev–Trinajstić information content (AvgIpc) is 3.29. The molecule has 2 heterocycles. The maximum Gasteiger partial charge on any atom is 0.269 e. The highest BCUT2D eigenvalue weighted by atomic mass is 16.1. The molecule has 0 radical (unpaired) electrons. The number of aryl methyl sites for hydroxylation is 1. The van der Waals surface area contributed by atoms with E-state index >= 15 is 0 Å². The summed E-state index contributed by atoms with van der Waals surface area (Å²) in [5.41, 5.74) is 11.4. The number of amides is 1. The van der Waals surface area contributed by atoms with E-state index in [4.69, 9.17) is 5.73 Å². The average molecular weight is 374 g/mol. The number of carbonyl (C=O) groups excluding carboxylic acids is 1. The fraction of sp³-hybridized carbons (Fsp3) is 0.304. The minimum Gasteiger partial charge on any atom is -0.364 e. The molecule has 2 aromatic carbocycles.